The van der Waals surface area contributed by atoms with Crippen LogP contribution in [0.5, 0.6) is 0 Å². The third-order valence-electron chi connectivity index (χ3n) is 3.10. The van der Waals surface area contributed by atoms with E-state index >= 15 is 0 Å². The smallest absolute Gasteiger partial charge is 0.339 e. The van der Waals surface area contributed by atoms with Gasteiger partial charge in [0.1, 0.15) is 11.4 Å². The van der Waals surface area contributed by atoms with E-state index in [9.17, 15) is 14.7 Å². The molecule has 1 aliphatic rings. The number of rotatable bonds is 2. The van der Waals surface area contributed by atoms with Crippen molar-refractivity contribution in [3.8, 4) is 0 Å². The highest BCUT2D eigenvalue weighted by atomic mass is 16.4. The molecule has 0 spiro atoms. The number of anilines is 1. The monoisotopic (exact) mass is 263 g/mol. The van der Waals surface area contributed by atoms with Crippen molar-refractivity contribution in [1.29, 1.82) is 0 Å². The van der Waals surface area contributed by atoms with Crippen molar-refractivity contribution in [2.75, 3.05) is 24.5 Å². The highest BCUT2D eigenvalue weighted by Crippen LogP contribution is 2.23. The summed E-state index contributed by atoms with van der Waals surface area (Å²) in [5.41, 5.74) is 1.60. The lowest BCUT2D eigenvalue weighted by Crippen LogP contribution is -2.34. The Labute approximate surface area is 111 Å². The van der Waals surface area contributed by atoms with Crippen molar-refractivity contribution < 1.29 is 14.7 Å². The summed E-state index contributed by atoms with van der Waals surface area (Å²) >= 11 is 0. The lowest BCUT2D eigenvalue weighted by molar-refractivity contribution is -0.119. The third-order valence-corrected chi connectivity index (χ3v) is 3.10. The van der Waals surface area contributed by atoms with Gasteiger partial charge in [-0.15, -0.1) is 0 Å². The average molecular weight is 263 g/mol. The van der Waals surface area contributed by atoms with Crippen LogP contribution in [0.3, 0.4) is 0 Å². The van der Waals surface area contributed by atoms with E-state index in [1.807, 2.05) is 6.92 Å². The Morgan fingerprint density at radius 2 is 2.21 bits per heavy atom. The quantitative estimate of drug-likeness (QED) is 0.821. The molecular formula is C13H17N3O3. The Morgan fingerprint density at radius 3 is 2.89 bits per heavy atom. The fraction of sp³-hybridized carbons (Fsp3) is 0.462. The average Bonchev–Trinajstić information content (AvgIpc) is 2.52. The number of hydrogen-bond acceptors (Lipinski definition) is 4. The number of hydrogen-bond donors (Lipinski definition) is 2. The molecule has 0 bridgehead atoms. The lowest BCUT2D eigenvalue weighted by Gasteiger charge is -2.23. The van der Waals surface area contributed by atoms with E-state index in [0.29, 0.717) is 24.5 Å². The van der Waals surface area contributed by atoms with E-state index in [1.54, 1.807) is 17.9 Å². The first-order chi connectivity index (χ1) is 8.99. The fourth-order valence-electron chi connectivity index (χ4n) is 2.30. The lowest BCUT2D eigenvalue weighted by atomic mass is 10.1. The minimum Gasteiger partial charge on any atom is -0.478 e. The molecule has 6 nitrogen and oxygen atoms in total. The standard InChI is InChI=1S/C13H17N3O3/c1-8-6-9(2)15-12(11(8)13(18)19)16-5-3-4-14-10(17)7-16/h6H,3-5,7H2,1-2H3,(H,14,17)(H,18,19). The molecule has 1 aromatic rings. The Kier molecular flexibility index (Phi) is 3.69. The first kappa shape index (κ1) is 13.3. The molecule has 2 N–H and O–H groups in total. The maximum atomic E-state index is 11.6. The van der Waals surface area contributed by atoms with Crippen LogP contribution >= 0.6 is 0 Å². The van der Waals surface area contributed by atoms with Gasteiger partial charge < -0.3 is 15.3 Å². The molecule has 0 atom stereocenters. The molecule has 0 unspecified atom stereocenters. The van der Waals surface area contributed by atoms with Gasteiger partial charge in [-0.25, -0.2) is 9.78 Å². The molecule has 2 rings (SSSR count). The normalized spacial score (nSPS) is 15.9. The van der Waals surface area contributed by atoms with Crippen molar-refractivity contribution >= 4 is 17.7 Å². The van der Waals surface area contributed by atoms with Gasteiger partial charge >= 0.3 is 5.97 Å². The maximum absolute atomic E-state index is 11.6. The van der Waals surface area contributed by atoms with Gasteiger partial charge in [-0.3, -0.25) is 4.79 Å². The minimum absolute atomic E-state index is 0.102. The first-order valence-corrected chi connectivity index (χ1v) is 6.22. The summed E-state index contributed by atoms with van der Waals surface area (Å²) in [4.78, 5) is 29.0. The number of carboxylic acid groups (broad SMARTS) is 1. The zero-order valence-corrected chi connectivity index (χ0v) is 11.1. The molecule has 2 heterocycles. The summed E-state index contributed by atoms with van der Waals surface area (Å²) in [6.07, 6.45) is 0.777. The molecule has 1 fully saturated rings. The number of carbonyl (C=O) groups is 2. The molecule has 0 aromatic carbocycles. The molecule has 1 aliphatic heterocycles. The fourth-order valence-corrected chi connectivity index (χ4v) is 2.30. The summed E-state index contributed by atoms with van der Waals surface area (Å²) in [6, 6.07) is 1.74. The van der Waals surface area contributed by atoms with Crippen LogP contribution in [-0.2, 0) is 4.79 Å². The molecule has 102 valence electrons. The van der Waals surface area contributed by atoms with Gasteiger partial charge in [-0.2, -0.15) is 0 Å². The van der Waals surface area contributed by atoms with Crippen LogP contribution < -0.4 is 10.2 Å². The molecule has 0 aliphatic carbocycles. The van der Waals surface area contributed by atoms with Gasteiger partial charge in [-0.05, 0) is 31.9 Å². The highest BCUT2D eigenvalue weighted by Gasteiger charge is 2.23. The second kappa shape index (κ2) is 5.26. The van der Waals surface area contributed by atoms with Gasteiger partial charge in [0, 0.05) is 18.8 Å². The van der Waals surface area contributed by atoms with E-state index in [1.165, 1.54) is 0 Å². The van der Waals surface area contributed by atoms with E-state index in [-0.39, 0.29) is 18.0 Å². The summed E-state index contributed by atoms with van der Waals surface area (Å²) in [5.74, 6) is -0.721. The Bertz CT molecular complexity index is 528. The molecule has 1 amide bonds. The number of amides is 1. The first-order valence-electron chi connectivity index (χ1n) is 6.22. The van der Waals surface area contributed by atoms with Gasteiger partial charge in [0.05, 0.1) is 6.54 Å². The van der Waals surface area contributed by atoms with E-state index < -0.39 is 5.97 Å². The van der Waals surface area contributed by atoms with Crippen LogP contribution in [0.2, 0.25) is 0 Å². The molecule has 19 heavy (non-hydrogen) atoms. The predicted octanol–water partition coefficient (Wildman–Crippen LogP) is 0.723. The summed E-state index contributed by atoms with van der Waals surface area (Å²) in [5, 5.41) is 12.1. The van der Waals surface area contributed by atoms with Crippen LogP contribution in [0.25, 0.3) is 0 Å². The summed E-state index contributed by atoms with van der Waals surface area (Å²) in [7, 11) is 0. The Morgan fingerprint density at radius 1 is 1.47 bits per heavy atom. The predicted molar refractivity (Wildman–Crippen MR) is 70.5 cm³/mol. The second-order valence-corrected chi connectivity index (χ2v) is 4.71. The number of pyridine rings is 1. The Balaban J connectivity index is 2.47. The number of aromatic carboxylic acids is 1. The van der Waals surface area contributed by atoms with Gasteiger partial charge in [-0.1, -0.05) is 0 Å². The number of nitrogens with one attached hydrogen (secondary N) is 1. The Hall–Kier alpha value is -2.11. The number of carbonyl (C=O) groups excluding carboxylic acids is 1. The van der Waals surface area contributed by atoms with Gasteiger partial charge in [0.15, 0.2) is 0 Å². The van der Waals surface area contributed by atoms with Crippen molar-refractivity contribution in [2.24, 2.45) is 0 Å². The zero-order chi connectivity index (χ0) is 14.0. The second-order valence-electron chi connectivity index (χ2n) is 4.71. The van der Waals surface area contributed by atoms with Crippen LogP contribution in [0.4, 0.5) is 5.82 Å². The maximum Gasteiger partial charge on any atom is 0.339 e. The summed E-state index contributed by atoms with van der Waals surface area (Å²) < 4.78 is 0. The third kappa shape index (κ3) is 2.83. The van der Waals surface area contributed by atoms with Crippen molar-refractivity contribution in [1.82, 2.24) is 10.3 Å². The van der Waals surface area contributed by atoms with Gasteiger partial charge in [0.25, 0.3) is 0 Å². The zero-order valence-electron chi connectivity index (χ0n) is 11.1. The van der Waals surface area contributed by atoms with Crippen molar-refractivity contribution in [3.05, 3.63) is 22.9 Å². The number of nitrogens with zero attached hydrogens (tertiary/aromatic N) is 2. The topological polar surface area (TPSA) is 82.5 Å². The molecule has 0 radical (unpaired) electrons. The van der Waals surface area contributed by atoms with Crippen LogP contribution in [0.1, 0.15) is 28.0 Å². The van der Waals surface area contributed by atoms with E-state index in [0.717, 1.165) is 12.1 Å². The van der Waals surface area contributed by atoms with Crippen LogP contribution in [0, 0.1) is 13.8 Å². The molecule has 1 saturated heterocycles. The van der Waals surface area contributed by atoms with Crippen LogP contribution in [0.15, 0.2) is 6.07 Å². The number of aromatic nitrogens is 1. The SMILES string of the molecule is Cc1cc(C)c(C(=O)O)c(N2CCCNC(=O)C2)n1. The van der Waals surface area contributed by atoms with E-state index in [4.69, 9.17) is 0 Å². The molecular weight excluding hydrogens is 246 g/mol. The van der Waals surface area contributed by atoms with Crippen molar-refractivity contribution in [3.63, 3.8) is 0 Å². The minimum atomic E-state index is -1.01. The molecule has 1 aromatic heterocycles. The highest BCUT2D eigenvalue weighted by molar-refractivity contribution is 5.96. The summed E-state index contributed by atoms with van der Waals surface area (Å²) in [6.45, 7) is 4.95. The largest absolute Gasteiger partial charge is 0.478 e. The van der Waals surface area contributed by atoms with E-state index in [2.05, 4.69) is 10.3 Å². The molecule has 0 saturated carbocycles. The number of carboxylic acids is 1. The molecule has 6 heteroatoms. The van der Waals surface area contributed by atoms with Gasteiger partial charge in [0.2, 0.25) is 5.91 Å². The van der Waals surface area contributed by atoms with Crippen molar-refractivity contribution in [2.45, 2.75) is 20.3 Å². The van der Waals surface area contributed by atoms with Crippen LogP contribution in [-0.4, -0.2) is 41.6 Å². The number of aryl methyl sites for hydroxylation is 2.